The number of amides is 1. The van der Waals surface area contributed by atoms with Crippen molar-refractivity contribution in [2.24, 2.45) is 0 Å². The molecule has 1 saturated heterocycles. The molecule has 1 heterocycles. The Morgan fingerprint density at radius 3 is 2.43 bits per heavy atom. The van der Waals surface area contributed by atoms with Crippen molar-refractivity contribution in [3.05, 3.63) is 35.9 Å². The molecule has 1 atom stereocenters. The van der Waals surface area contributed by atoms with Crippen LogP contribution in [0.1, 0.15) is 25.5 Å². The van der Waals surface area contributed by atoms with Gasteiger partial charge in [0.1, 0.15) is 5.60 Å². The van der Waals surface area contributed by atoms with Crippen LogP contribution in [0.4, 0.5) is 4.79 Å². The number of alkyl carbamates (subject to hydrolysis) is 1. The van der Waals surface area contributed by atoms with Crippen molar-refractivity contribution in [3.8, 4) is 0 Å². The van der Waals surface area contributed by atoms with Crippen LogP contribution < -0.4 is 5.32 Å². The van der Waals surface area contributed by atoms with Crippen molar-refractivity contribution < 1.29 is 9.53 Å². The summed E-state index contributed by atoms with van der Waals surface area (Å²) in [6.45, 7) is 3.81. The second kappa shape index (κ2) is 3.01. The molecule has 0 aliphatic carbocycles. The van der Waals surface area contributed by atoms with Crippen LogP contribution in [0.2, 0.25) is 0 Å². The summed E-state index contributed by atoms with van der Waals surface area (Å²) in [4.78, 5) is 11.1. The van der Waals surface area contributed by atoms with E-state index in [9.17, 15) is 4.79 Å². The average molecular weight is 191 g/mol. The van der Waals surface area contributed by atoms with Crippen LogP contribution in [0.25, 0.3) is 0 Å². The Hall–Kier alpha value is -1.51. The lowest BCUT2D eigenvalue weighted by Gasteiger charge is -2.23. The number of rotatable bonds is 1. The van der Waals surface area contributed by atoms with E-state index >= 15 is 0 Å². The summed E-state index contributed by atoms with van der Waals surface area (Å²) in [5.41, 5.74) is 0.599. The third-order valence-electron chi connectivity index (χ3n) is 2.45. The number of benzene rings is 1. The van der Waals surface area contributed by atoms with Gasteiger partial charge in [0, 0.05) is 0 Å². The zero-order chi connectivity index (χ0) is 10.2. The molecular weight excluding hydrogens is 178 g/mol. The average Bonchev–Trinajstić information content (AvgIpc) is 2.41. The third kappa shape index (κ3) is 1.45. The van der Waals surface area contributed by atoms with Gasteiger partial charge >= 0.3 is 6.09 Å². The highest BCUT2D eigenvalue weighted by Gasteiger charge is 2.41. The molecule has 0 saturated carbocycles. The van der Waals surface area contributed by atoms with Crippen LogP contribution in [0, 0.1) is 0 Å². The van der Waals surface area contributed by atoms with E-state index in [4.69, 9.17) is 4.74 Å². The molecule has 14 heavy (non-hydrogen) atoms. The first-order chi connectivity index (χ1) is 6.59. The van der Waals surface area contributed by atoms with Gasteiger partial charge in [-0.1, -0.05) is 30.3 Å². The van der Waals surface area contributed by atoms with Gasteiger partial charge in [0.2, 0.25) is 0 Å². The van der Waals surface area contributed by atoms with E-state index in [-0.39, 0.29) is 12.1 Å². The zero-order valence-electron chi connectivity index (χ0n) is 8.28. The fraction of sp³-hybridized carbons (Fsp3) is 0.364. The fourth-order valence-electron chi connectivity index (χ4n) is 1.75. The minimum absolute atomic E-state index is 0.0591. The standard InChI is InChI=1S/C11H13NO2/c1-11(2)9(12-10(13)14-11)8-6-4-3-5-7-8/h3-7,9H,1-2H3,(H,12,13)/t9-/m1/s1. The minimum atomic E-state index is -0.474. The molecule has 1 aromatic carbocycles. The normalized spacial score (nSPS) is 24.1. The maximum atomic E-state index is 11.1. The van der Waals surface area contributed by atoms with Crippen LogP contribution in [0.15, 0.2) is 30.3 Å². The molecule has 1 fully saturated rings. The lowest BCUT2D eigenvalue weighted by Crippen LogP contribution is -2.29. The second-order valence-corrected chi connectivity index (χ2v) is 3.98. The highest BCUT2D eigenvalue weighted by molar-refractivity contribution is 5.71. The fourth-order valence-corrected chi connectivity index (χ4v) is 1.75. The predicted molar refractivity (Wildman–Crippen MR) is 52.9 cm³/mol. The highest BCUT2D eigenvalue weighted by Crippen LogP contribution is 2.33. The number of hydrogen-bond acceptors (Lipinski definition) is 2. The first-order valence-electron chi connectivity index (χ1n) is 4.64. The molecule has 74 valence electrons. The van der Waals surface area contributed by atoms with Gasteiger partial charge in [-0.15, -0.1) is 0 Å². The molecule has 1 amide bonds. The summed E-state index contributed by atoms with van der Waals surface area (Å²) in [6.07, 6.45) is -0.344. The quantitative estimate of drug-likeness (QED) is 0.739. The molecule has 1 aliphatic heterocycles. The molecule has 1 N–H and O–H groups in total. The molecular formula is C11H13NO2. The van der Waals surface area contributed by atoms with Gasteiger partial charge in [0.15, 0.2) is 0 Å². The molecule has 2 rings (SSSR count). The molecule has 0 bridgehead atoms. The van der Waals surface area contributed by atoms with Crippen LogP contribution in [-0.4, -0.2) is 11.7 Å². The SMILES string of the molecule is CC1(C)OC(=O)N[C@@H]1c1ccccc1. The molecule has 1 aliphatic rings. The summed E-state index contributed by atoms with van der Waals surface area (Å²) >= 11 is 0. The van der Waals surface area contributed by atoms with Gasteiger partial charge in [0.25, 0.3) is 0 Å². The van der Waals surface area contributed by atoms with E-state index in [1.165, 1.54) is 0 Å². The van der Waals surface area contributed by atoms with E-state index in [0.717, 1.165) is 5.56 Å². The van der Waals surface area contributed by atoms with Crippen molar-refractivity contribution in [3.63, 3.8) is 0 Å². The number of carbonyl (C=O) groups is 1. The Morgan fingerprint density at radius 1 is 1.29 bits per heavy atom. The number of ether oxygens (including phenoxy) is 1. The van der Waals surface area contributed by atoms with E-state index in [2.05, 4.69) is 5.32 Å². The van der Waals surface area contributed by atoms with E-state index in [1.807, 2.05) is 44.2 Å². The maximum absolute atomic E-state index is 11.1. The lowest BCUT2D eigenvalue weighted by molar-refractivity contribution is 0.0684. The summed E-state index contributed by atoms with van der Waals surface area (Å²) in [7, 11) is 0. The molecule has 0 unspecified atom stereocenters. The van der Waals surface area contributed by atoms with Crippen molar-refractivity contribution in [2.45, 2.75) is 25.5 Å². The van der Waals surface area contributed by atoms with Gasteiger partial charge in [-0.05, 0) is 19.4 Å². The van der Waals surface area contributed by atoms with Crippen LogP contribution in [-0.2, 0) is 4.74 Å². The second-order valence-electron chi connectivity index (χ2n) is 3.98. The largest absolute Gasteiger partial charge is 0.441 e. The smallest absolute Gasteiger partial charge is 0.408 e. The van der Waals surface area contributed by atoms with Gasteiger partial charge in [-0.3, -0.25) is 0 Å². The first kappa shape index (κ1) is 9.06. The molecule has 3 nitrogen and oxygen atoms in total. The van der Waals surface area contributed by atoms with Gasteiger partial charge in [0.05, 0.1) is 6.04 Å². The van der Waals surface area contributed by atoms with Crippen molar-refractivity contribution in [1.29, 1.82) is 0 Å². The molecule has 1 aromatic rings. The van der Waals surface area contributed by atoms with E-state index < -0.39 is 5.60 Å². The van der Waals surface area contributed by atoms with Crippen molar-refractivity contribution in [1.82, 2.24) is 5.32 Å². The molecule has 0 radical (unpaired) electrons. The van der Waals surface area contributed by atoms with Crippen LogP contribution >= 0.6 is 0 Å². The van der Waals surface area contributed by atoms with Gasteiger partial charge in [-0.2, -0.15) is 0 Å². The third-order valence-corrected chi connectivity index (χ3v) is 2.45. The van der Waals surface area contributed by atoms with Crippen LogP contribution in [0.3, 0.4) is 0 Å². The maximum Gasteiger partial charge on any atom is 0.408 e. The summed E-state index contributed by atoms with van der Waals surface area (Å²) in [6, 6.07) is 9.78. The molecule has 0 spiro atoms. The summed E-state index contributed by atoms with van der Waals surface area (Å²) in [5.74, 6) is 0. The Kier molecular flexibility index (Phi) is 1.95. The zero-order valence-corrected chi connectivity index (χ0v) is 8.28. The Labute approximate surface area is 83.1 Å². The van der Waals surface area contributed by atoms with E-state index in [1.54, 1.807) is 0 Å². The summed E-state index contributed by atoms with van der Waals surface area (Å²) in [5, 5.41) is 2.80. The number of nitrogens with one attached hydrogen (secondary N) is 1. The van der Waals surface area contributed by atoms with Crippen molar-refractivity contribution >= 4 is 6.09 Å². The molecule has 0 aromatic heterocycles. The number of hydrogen-bond donors (Lipinski definition) is 1. The minimum Gasteiger partial charge on any atom is -0.441 e. The van der Waals surface area contributed by atoms with Gasteiger partial charge in [-0.25, -0.2) is 4.79 Å². The van der Waals surface area contributed by atoms with Gasteiger partial charge < -0.3 is 10.1 Å². The van der Waals surface area contributed by atoms with Crippen molar-refractivity contribution in [2.75, 3.05) is 0 Å². The molecule has 3 heteroatoms. The lowest BCUT2D eigenvalue weighted by atomic mass is 9.93. The first-order valence-corrected chi connectivity index (χ1v) is 4.64. The topological polar surface area (TPSA) is 38.3 Å². The predicted octanol–water partition coefficient (Wildman–Crippen LogP) is 2.25. The highest BCUT2D eigenvalue weighted by atomic mass is 16.6. The Morgan fingerprint density at radius 2 is 1.93 bits per heavy atom. The monoisotopic (exact) mass is 191 g/mol. The van der Waals surface area contributed by atoms with Crippen LogP contribution in [0.5, 0.6) is 0 Å². The summed E-state index contributed by atoms with van der Waals surface area (Å²) < 4.78 is 5.17. The number of cyclic esters (lactones) is 1. The Balaban J connectivity index is 2.32. The number of carbonyl (C=O) groups excluding carboxylic acids is 1. The van der Waals surface area contributed by atoms with E-state index in [0.29, 0.717) is 0 Å². The Bertz CT molecular complexity index is 346.